The average molecular weight is 497 g/mol. The van der Waals surface area contributed by atoms with Crippen molar-refractivity contribution >= 4 is 33.5 Å². The predicted octanol–water partition coefficient (Wildman–Crippen LogP) is 3.12. The first-order chi connectivity index (χ1) is 16.8. The molecule has 0 spiro atoms. The molecule has 0 unspecified atom stereocenters. The number of methoxy groups -OCH3 is 2. The standard InChI is InChI=1S/C25H28N4O5S/c1-28(2)20-11-9-19(10-12-20)17-26-27-25(30)18-29(23-7-5-6-8-24(23)34-4)35(31,32)22-15-13-21(33-3)14-16-22/h5-17H,18H2,1-4H3,(H,27,30)/b26-17-. The summed E-state index contributed by atoms with van der Waals surface area (Å²) in [5, 5.41) is 3.98. The summed E-state index contributed by atoms with van der Waals surface area (Å²) in [4.78, 5) is 14.7. The maximum Gasteiger partial charge on any atom is 0.264 e. The van der Waals surface area contributed by atoms with Crippen LogP contribution in [0.15, 0.2) is 82.8 Å². The summed E-state index contributed by atoms with van der Waals surface area (Å²) in [6.07, 6.45) is 1.49. The predicted molar refractivity (Wildman–Crippen MR) is 137 cm³/mol. The molecule has 3 aromatic carbocycles. The molecule has 0 aliphatic carbocycles. The van der Waals surface area contributed by atoms with E-state index in [9.17, 15) is 13.2 Å². The smallest absolute Gasteiger partial charge is 0.264 e. The molecule has 0 aliphatic heterocycles. The number of hydrogen-bond donors (Lipinski definition) is 1. The van der Waals surface area contributed by atoms with Gasteiger partial charge in [-0.2, -0.15) is 5.10 Å². The molecule has 0 atom stereocenters. The molecular weight excluding hydrogens is 468 g/mol. The summed E-state index contributed by atoms with van der Waals surface area (Å²) < 4.78 is 38.5. The first kappa shape index (κ1) is 25.6. The molecule has 0 aliphatic rings. The second-order valence-corrected chi connectivity index (χ2v) is 9.50. The number of rotatable bonds is 10. The molecule has 3 rings (SSSR count). The number of anilines is 2. The molecule has 0 fully saturated rings. The number of nitrogens with zero attached hydrogens (tertiary/aromatic N) is 3. The van der Waals surface area contributed by atoms with Gasteiger partial charge in [0.05, 0.1) is 31.0 Å². The molecule has 0 saturated carbocycles. The van der Waals surface area contributed by atoms with Gasteiger partial charge in [0.1, 0.15) is 18.0 Å². The number of carbonyl (C=O) groups is 1. The number of hydrogen-bond acceptors (Lipinski definition) is 7. The summed E-state index contributed by atoms with van der Waals surface area (Å²) in [5.41, 5.74) is 4.44. The van der Waals surface area contributed by atoms with Crippen LogP contribution in [0.3, 0.4) is 0 Å². The lowest BCUT2D eigenvalue weighted by atomic mass is 10.2. The zero-order chi connectivity index (χ0) is 25.4. The monoisotopic (exact) mass is 496 g/mol. The van der Waals surface area contributed by atoms with Crippen molar-refractivity contribution in [2.45, 2.75) is 4.90 Å². The summed E-state index contributed by atoms with van der Waals surface area (Å²) in [5.74, 6) is 0.203. The molecule has 1 N–H and O–H groups in total. The first-order valence-corrected chi connectivity index (χ1v) is 12.1. The lowest BCUT2D eigenvalue weighted by Gasteiger charge is -2.25. The number of hydrazone groups is 1. The molecule has 184 valence electrons. The van der Waals surface area contributed by atoms with Gasteiger partial charge in [-0.25, -0.2) is 13.8 Å². The first-order valence-electron chi connectivity index (χ1n) is 10.7. The van der Waals surface area contributed by atoms with Gasteiger partial charge in [0.2, 0.25) is 0 Å². The molecular formula is C25H28N4O5S. The Morgan fingerprint density at radius 2 is 1.60 bits per heavy atom. The largest absolute Gasteiger partial charge is 0.497 e. The third-order valence-electron chi connectivity index (χ3n) is 5.10. The van der Waals surface area contributed by atoms with Crippen molar-refractivity contribution in [3.8, 4) is 11.5 Å². The van der Waals surface area contributed by atoms with E-state index in [1.807, 2.05) is 43.3 Å². The number of nitrogens with one attached hydrogen (secondary N) is 1. The Morgan fingerprint density at radius 1 is 0.943 bits per heavy atom. The third kappa shape index (κ3) is 6.30. The molecule has 0 aromatic heterocycles. The van der Waals surface area contributed by atoms with Gasteiger partial charge in [-0.1, -0.05) is 24.3 Å². The van der Waals surface area contributed by atoms with Crippen LogP contribution in [-0.2, 0) is 14.8 Å². The summed E-state index contributed by atoms with van der Waals surface area (Å²) in [6, 6.07) is 20.1. The summed E-state index contributed by atoms with van der Waals surface area (Å²) >= 11 is 0. The minimum absolute atomic E-state index is 0.00138. The van der Waals surface area contributed by atoms with Crippen LogP contribution in [-0.4, -0.2) is 55.4 Å². The van der Waals surface area contributed by atoms with Crippen molar-refractivity contribution in [2.24, 2.45) is 5.10 Å². The third-order valence-corrected chi connectivity index (χ3v) is 6.87. The second-order valence-electron chi connectivity index (χ2n) is 7.64. The topological polar surface area (TPSA) is 101 Å². The molecule has 3 aromatic rings. The van der Waals surface area contributed by atoms with E-state index in [4.69, 9.17) is 9.47 Å². The van der Waals surface area contributed by atoms with Crippen LogP contribution >= 0.6 is 0 Å². The van der Waals surface area contributed by atoms with Crippen LogP contribution in [0.25, 0.3) is 0 Å². The minimum Gasteiger partial charge on any atom is -0.497 e. The maximum atomic E-state index is 13.5. The Kier molecular flexibility index (Phi) is 8.32. The fourth-order valence-corrected chi connectivity index (χ4v) is 4.64. The van der Waals surface area contributed by atoms with E-state index >= 15 is 0 Å². The Bertz CT molecular complexity index is 1270. The lowest BCUT2D eigenvalue weighted by molar-refractivity contribution is -0.119. The van der Waals surface area contributed by atoms with Crippen molar-refractivity contribution in [3.63, 3.8) is 0 Å². The zero-order valence-electron chi connectivity index (χ0n) is 20.0. The Hall–Kier alpha value is -4.05. The number of amides is 1. The van der Waals surface area contributed by atoms with Crippen molar-refractivity contribution in [1.82, 2.24) is 5.43 Å². The van der Waals surface area contributed by atoms with Gasteiger partial charge in [-0.05, 0) is 54.1 Å². The maximum absolute atomic E-state index is 13.5. The van der Waals surface area contributed by atoms with Gasteiger partial charge < -0.3 is 14.4 Å². The minimum atomic E-state index is -4.12. The highest BCUT2D eigenvalue weighted by molar-refractivity contribution is 7.92. The number of benzene rings is 3. The van der Waals surface area contributed by atoms with Crippen LogP contribution < -0.4 is 24.1 Å². The highest BCUT2D eigenvalue weighted by atomic mass is 32.2. The molecule has 0 bridgehead atoms. The van der Waals surface area contributed by atoms with E-state index in [1.165, 1.54) is 32.6 Å². The lowest BCUT2D eigenvalue weighted by Crippen LogP contribution is -2.39. The van der Waals surface area contributed by atoms with E-state index in [2.05, 4.69) is 10.5 Å². The number of sulfonamides is 1. The normalized spacial score (nSPS) is 11.2. The van der Waals surface area contributed by atoms with Crippen LogP contribution in [0.2, 0.25) is 0 Å². The van der Waals surface area contributed by atoms with Crippen molar-refractivity contribution < 1.29 is 22.7 Å². The Morgan fingerprint density at radius 3 is 2.20 bits per heavy atom. The van der Waals surface area contributed by atoms with E-state index < -0.39 is 22.5 Å². The van der Waals surface area contributed by atoms with Crippen molar-refractivity contribution in [1.29, 1.82) is 0 Å². The molecule has 0 saturated heterocycles. The number of para-hydroxylation sites is 2. The van der Waals surface area contributed by atoms with E-state index in [1.54, 1.807) is 36.4 Å². The summed E-state index contributed by atoms with van der Waals surface area (Å²) in [6.45, 7) is -0.508. The number of ether oxygens (including phenoxy) is 2. The van der Waals surface area contributed by atoms with Crippen LogP contribution in [0.4, 0.5) is 11.4 Å². The fraction of sp³-hybridized carbons (Fsp3) is 0.200. The quantitative estimate of drug-likeness (QED) is 0.342. The SMILES string of the molecule is COc1ccc(S(=O)(=O)N(CC(=O)N/N=C\c2ccc(N(C)C)cc2)c2ccccc2OC)cc1. The fourth-order valence-electron chi connectivity index (χ4n) is 3.21. The molecule has 0 heterocycles. The Balaban J connectivity index is 1.84. The van der Waals surface area contributed by atoms with E-state index in [-0.39, 0.29) is 10.6 Å². The Labute approximate surface area is 205 Å². The highest BCUT2D eigenvalue weighted by Gasteiger charge is 2.29. The number of carbonyl (C=O) groups excluding carboxylic acids is 1. The molecule has 10 heteroatoms. The van der Waals surface area contributed by atoms with Gasteiger partial charge in [0.15, 0.2) is 0 Å². The van der Waals surface area contributed by atoms with Crippen LogP contribution in [0, 0.1) is 0 Å². The van der Waals surface area contributed by atoms with Gasteiger partial charge >= 0.3 is 0 Å². The highest BCUT2D eigenvalue weighted by Crippen LogP contribution is 2.32. The second kappa shape index (κ2) is 11.4. The molecule has 0 radical (unpaired) electrons. The van der Waals surface area contributed by atoms with E-state index in [0.29, 0.717) is 11.5 Å². The molecule has 1 amide bonds. The van der Waals surface area contributed by atoms with Crippen molar-refractivity contribution in [2.75, 3.05) is 44.1 Å². The van der Waals surface area contributed by atoms with Crippen LogP contribution in [0.5, 0.6) is 11.5 Å². The average Bonchev–Trinajstić information content (AvgIpc) is 2.87. The van der Waals surface area contributed by atoms with Gasteiger partial charge in [0, 0.05) is 19.8 Å². The van der Waals surface area contributed by atoms with Gasteiger partial charge in [-0.15, -0.1) is 0 Å². The summed E-state index contributed by atoms with van der Waals surface area (Å²) in [7, 11) is 2.69. The van der Waals surface area contributed by atoms with Crippen LogP contribution in [0.1, 0.15) is 5.56 Å². The van der Waals surface area contributed by atoms with Gasteiger partial charge in [-0.3, -0.25) is 9.10 Å². The molecule has 35 heavy (non-hydrogen) atoms. The van der Waals surface area contributed by atoms with Gasteiger partial charge in [0.25, 0.3) is 15.9 Å². The molecule has 9 nitrogen and oxygen atoms in total. The van der Waals surface area contributed by atoms with Crippen molar-refractivity contribution in [3.05, 3.63) is 78.4 Å². The van der Waals surface area contributed by atoms with E-state index in [0.717, 1.165) is 15.6 Å². The zero-order valence-corrected chi connectivity index (χ0v) is 20.8.